The molecule has 0 amide bonds. The first-order valence-corrected chi connectivity index (χ1v) is 8.68. The van der Waals surface area contributed by atoms with Gasteiger partial charge in [0.2, 0.25) is 0 Å². The molecule has 0 atom stereocenters. The molecule has 0 aliphatic rings. The molecule has 4 rings (SSSR count). The van der Waals surface area contributed by atoms with Crippen molar-refractivity contribution in [2.45, 2.75) is 6.61 Å². The number of aromatic nitrogens is 2. The number of carboxylic acids is 1. The van der Waals surface area contributed by atoms with Gasteiger partial charge in [0.1, 0.15) is 29.4 Å². The number of aromatic carboxylic acids is 1. The normalized spacial score (nSPS) is 10.3. The van der Waals surface area contributed by atoms with Crippen LogP contribution in [0.4, 0.5) is 0 Å². The Morgan fingerprint density at radius 3 is 2.46 bits per heavy atom. The van der Waals surface area contributed by atoms with Gasteiger partial charge in [0.15, 0.2) is 0 Å². The van der Waals surface area contributed by atoms with Crippen LogP contribution in [0, 0.1) is 11.8 Å². The van der Waals surface area contributed by atoms with Crippen LogP contribution in [0.1, 0.15) is 27.3 Å². The van der Waals surface area contributed by atoms with Crippen molar-refractivity contribution in [3.8, 4) is 17.6 Å². The highest BCUT2D eigenvalue weighted by atomic mass is 16.5. The molecule has 0 saturated heterocycles. The fraction of sp³-hybridized carbons (Fsp3) is 0.0435. The summed E-state index contributed by atoms with van der Waals surface area (Å²) in [5, 5.41) is 10.8. The summed E-state index contributed by atoms with van der Waals surface area (Å²) in [5.74, 6) is 5.68. The van der Waals surface area contributed by atoms with Crippen LogP contribution >= 0.6 is 0 Å². The van der Waals surface area contributed by atoms with Gasteiger partial charge in [-0.25, -0.2) is 4.98 Å². The maximum absolute atomic E-state index is 10.8. The SMILES string of the molecule is O=C([O-])c1ccc(OCc2nc3ccccn3c2C#Cc2ccccc2)cc1. The maximum Gasteiger partial charge on any atom is 0.138 e. The minimum atomic E-state index is -1.22. The smallest absolute Gasteiger partial charge is 0.138 e. The van der Waals surface area contributed by atoms with Crippen LogP contribution in [0.2, 0.25) is 0 Å². The Hall–Kier alpha value is -4.04. The summed E-state index contributed by atoms with van der Waals surface area (Å²) in [4.78, 5) is 15.5. The summed E-state index contributed by atoms with van der Waals surface area (Å²) < 4.78 is 7.72. The third kappa shape index (κ3) is 3.71. The van der Waals surface area contributed by atoms with Gasteiger partial charge in [-0.3, -0.25) is 4.40 Å². The second-order valence-corrected chi connectivity index (χ2v) is 6.05. The number of ether oxygens (including phenoxy) is 1. The minimum absolute atomic E-state index is 0.106. The van der Waals surface area contributed by atoms with Crippen molar-refractivity contribution in [1.29, 1.82) is 0 Å². The lowest BCUT2D eigenvalue weighted by atomic mass is 10.2. The molecule has 0 bridgehead atoms. The summed E-state index contributed by atoms with van der Waals surface area (Å²) in [6, 6.07) is 21.6. The summed E-state index contributed by atoms with van der Waals surface area (Å²) in [5.41, 5.74) is 3.27. The molecule has 0 unspecified atom stereocenters. The van der Waals surface area contributed by atoms with Crippen LogP contribution in [0.3, 0.4) is 0 Å². The van der Waals surface area contributed by atoms with Crippen LogP contribution in [-0.4, -0.2) is 15.4 Å². The number of pyridine rings is 1. The average Bonchev–Trinajstić information content (AvgIpc) is 3.09. The number of benzene rings is 2. The number of imidazole rings is 1. The van der Waals surface area contributed by atoms with Crippen molar-refractivity contribution in [3.05, 3.63) is 102 Å². The molecule has 5 heteroatoms. The highest BCUT2D eigenvalue weighted by molar-refractivity contribution is 5.85. The maximum atomic E-state index is 10.8. The van der Waals surface area contributed by atoms with Gasteiger partial charge in [0.25, 0.3) is 0 Å². The van der Waals surface area contributed by atoms with Crippen molar-refractivity contribution < 1.29 is 14.6 Å². The van der Waals surface area contributed by atoms with E-state index in [-0.39, 0.29) is 12.2 Å². The molecule has 0 fully saturated rings. The van der Waals surface area contributed by atoms with E-state index in [0.29, 0.717) is 11.4 Å². The number of carbonyl (C=O) groups excluding carboxylic acids is 1. The van der Waals surface area contributed by atoms with Crippen molar-refractivity contribution >= 4 is 11.6 Å². The number of hydrogen-bond acceptors (Lipinski definition) is 4. The molecule has 0 radical (unpaired) electrons. The van der Waals surface area contributed by atoms with E-state index in [2.05, 4.69) is 16.8 Å². The molecule has 2 heterocycles. The quantitative estimate of drug-likeness (QED) is 0.520. The molecular formula is C23H15N2O3-. The summed E-state index contributed by atoms with van der Waals surface area (Å²) in [6.07, 6.45) is 1.91. The number of nitrogens with zero attached hydrogens (tertiary/aromatic N) is 2. The fourth-order valence-corrected chi connectivity index (χ4v) is 2.77. The predicted molar refractivity (Wildman–Crippen MR) is 103 cm³/mol. The van der Waals surface area contributed by atoms with Gasteiger partial charge in [-0.05, 0) is 60.0 Å². The van der Waals surface area contributed by atoms with Gasteiger partial charge in [0.05, 0.1) is 5.97 Å². The average molecular weight is 367 g/mol. The first-order chi connectivity index (χ1) is 13.7. The summed E-state index contributed by atoms with van der Waals surface area (Å²) >= 11 is 0. The standard InChI is InChI=1S/C23H16N2O3/c26-23(27)18-10-12-19(13-11-18)28-16-20-21(14-9-17-6-2-1-3-7-17)25-15-5-4-8-22(25)24-20/h1-8,10-13,15H,16H2,(H,26,27)/p-1. The molecule has 28 heavy (non-hydrogen) atoms. The lowest BCUT2D eigenvalue weighted by Crippen LogP contribution is -2.21. The summed E-state index contributed by atoms with van der Waals surface area (Å²) in [7, 11) is 0. The zero-order valence-electron chi connectivity index (χ0n) is 14.8. The van der Waals surface area contributed by atoms with Crippen molar-refractivity contribution in [3.63, 3.8) is 0 Å². The van der Waals surface area contributed by atoms with Crippen molar-refractivity contribution in [1.82, 2.24) is 9.38 Å². The third-order valence-electron chi connectivity index (χ3n) is 4.17. The second kappa shape index (κ2) is 7.68. The first kappa shape index (κ1) is 17.4. The summed E-state index contributed by atoms with van der Waals surface area (Å²) in [6.45, 7) is 0.213. The van der Waals surface area contributed by atoms with Gasteiger partial charge >= 0.3 is 0 Å². The number of carboxylic acid groups (broad SMARTS) is 1. The van der Waals surface area contributed by atoms with E-state index in [1.54, 1.807) is 12.1 Å². The van der Waals surface area contributed by atoms with Crippen LogP contribution < -0.4 is 9.84 Å². The molecule has 0 N–H and O–H groups in total. The highest BCUT2D eigenvalue weighted by Gasteiger charge is 2.11. The Labute approximate surface area is 161 Å². The Morgan fingerprint density at radius 1 is 0.964 bits per heavy atom. The number of hydrogen-bond donors (Lipinski definition) is 0. The van der Waals surface area contributed by atoms with E-state index in [4.69, 9.17) is 4.74 Å². The number of carbonyl (C=O) groups is 1. The lowest BCUT2D eigenvalue weighted by molar-refractivity contribution is -0.255. The Morgan fingerprint density at radius 2 is 1.71 bits per heavy atom. The van der Waals surface area contributed by atoms with Crippen LogP contribution in [0.25, 0.3) is 5.65 Å². The molecule has 4 aromatic rings. The van der Waals surface area contributed by atoms with Crippen LogP contribution in [0.15, 0.2) is 79.0 Å². The van der Waals surface area contributed by atoms with E-state index in [1.165, 1.54) is 12.1 Å². The van der Waals surface area contributed by atoms with E-state index in [0.717, 1.165) is 16.9 Å². The van der Waals surface area contributed by atoms with Gasteiger partial charge in [-0.1, -0.05) is 30.2 Å². The zero-order chi connectivity index (χ0) is 19.3. The van der Waals surface area contributed by atoms with E-state index in [9.17, 15) is 9.90 Å². The van der Waals surface area contributed by atoms with Gasteiger partial charge < -0.3 is 14.6 Å². The van der Waals surface area contributed by atoms with Crippen LogP contribution in [0.5, 0.6) is 5.75 Å². The Bertz CT molecular complexity index is 1180. The van der Waals surface area contributed by atoms with E-state index in [1.807, 2.05) is 59.1 Å². The highest BCUT2D eigenvalue weighted by Crippen LogP contribution is 2.17. The van der Waals surface area contributed by atoms with E-state index < -0.39 is 5.97 Å². The van der Waals surface area contributed by atoms with Crippen molar-refractivity contribution in [2.75, 3.05) is 0 Å². The van der Waals surface area contributed by atoms with Gasteiger partial charge in [-0.2, -0.15) is 0 Å². The third-order valence-corrected chi connectivity index (χ3v) is 4.17. The molecule has 0 spiro atoms. The molecular weight excluding hydrogens is 352 g/mol. The molecule has 0 saturated carbocycles. The Kier molecular flexibility index (Phi) is 4.77. The van der Waals surface area contributed by atoms with E-state index >= 15 is 0 Å². The number of fused-ring (bicyclic) bond motifs is 1. The molecule has 136 valence electrons. The monoisotopic (exact) mass is 367 g/mol. The fourth-order valence-electron chi connectivity index (χ4n) is 2.77. The molecule has 2 aromatic carbocycles. The number of rotatable bonds is 4. The van der Waals surface area contributed by atoms with Gasteiger partial charge in [-0.15, -0.1) is 0 Å². The first-order valence-electron chi connectivity index (χ1n) is 8.68. The lowest BCUT2D eigenvalue weighted by Gasteiger charge is -2.07. The molecule has 0 aliphatic carbocycles. The predicted octanol–water partition coefficient (Wildman–Crippen LogP) is 2.68. The zero-order valence-corrected chi connectivity index (χ0v) is 14.8. The Balaban J connectivity index is 1.63. The molecule has 5 nitrogen and oxygen atoms in total. The van der Waals surface area contributed by atoms with Gasteiger partial charge in [0, 0.05) is 11.8 Å². The largest absolute Gasteiger partial charge is 0.545 e. The topological polar surface area (TPSA) is 66.7 Å². The van der Waals surface area contributed by atoms with Crippen molar-refractivity contribution in [2.24, 2.45) is 0 Å². The minimum Gasteiger partial charge on any atom is -0.545 e. The van der Waals surface area contributed by atoms with Crippen LogP contribution in [-0.2, 0) is 6.61 Å². The second-order valence-electron chi connectivity index (χ2n) is 6.05. The molecule has 2 aromatic heterocycles. The molecule has 0 aliphatic heterocycles.